The van der Waals surface area contributed by atoms with E-state index in [2.05, 4.69) is 4.37 Å². The topological polar surface area (TPSA) is 47.0 Å². The molecule has 0 atom stereocenters. The SMILES string of the molecule is Clc1cc(Cl)sn1.O=C=O. The van der Waals surface area contributed by atoms with Gasteiger partial charge in [0.15, 0.2) is 0 Å². The number of carbonyl (C=O) groups excluding carboxylic acids is 2. The second-order valence-corrected chi connectivity index (χ2v) is 2.86. The number of hydrogen-bond acceptors (Lipinski definition) is 4. The van der Waals surface area contributed by atoms with Crippen LogP contribution < -0.4 is 0 Å². The summed E-state index contributed by atoms with van der Waals surface area (Å²) in [5.41, 5.74) is 0. The van der Waals surface area contributed by atoms with Crippen molar-refractivity contribution in [2.24, 2.45) is 0 Å². The summed E-state index contributed by atoms with van der Waals surface area (Å²) in [6.07, 6.45) is 0.250. The predicted octanol–water partition coefficient (Wildman–Crippen LogP) is 1.87. The predicted molar refractivity (Wildman–Crippen MR) is 37.1 cm³/mol. The minimum atomic E-state index is 0.250. The minimum Gasteiger partial charge on any atom is -0.186 e. The van der Waals surface area contributed by atoms with Gasteiger partial charge in [0.05, 0.1) is 0 Å². The fourth-order valence-corrected chi connectivity index (χ4v) is 1.17. The molecule has 1 heterocycles. The fourth-order valence-electron chi connectivity index (χ4n) is 0.234. The van der Waals surface area contributed by atoms with E-state index in [0.717, 1.165) is 0 Å². The molecule has 0 saturated heterocycles. The molecular weight excluding hydrogens is 197 g/mol. The van der Waals surface area contributed by atoms with Crippen molar-refractivity contribution in [1.29, 1.82) is 0 Å². The van der Waals surface area contributed by atoms with Crippen molar-refractivity contribution in [2.45, 2.75) is 0 Å². The minimum absolute atomic E-state index is 0.250. The molecule has 0 aliphatic rings. The van der Waals surface area contributed by atoms with E-state index in [9.17, 15) is 0 Å². The Bertz CT molecular complexity index is 214. The first kappa shape index (κ1) is 9.59. The van der Waals surface area contributed by atoms with Crippen LogP contribution in [0.2, 0.25) is 9.49 Å². The quantitative estimate of drug-likeness (QED) is 0.639. The van der Waals surface area contributed by atoms with E-state index in [-0.39, 0.29) is 6.15 Å². The molecule has 0 unspecified atom stereocenters. The van der Waals surface area contributed by atoms with E-state index in [0.29, 0.717) is 9.49 Å². The van der Waals surface area contributed by atoms with Crippen LogP contribution in [0.1, 0.15) is 0 Å². The van der Waals surface area contributed by atoms with E-state index in [1.54, 1.807) is 6.07 Å². The lowest BCUT2D eigenvalue weighted by Gasteiger charge is -1.62. The van der Waals surface area contributed by atoms with Gasteiger partial charge < -0.3 is 0 Å². The summed E-state index contributed by atoms with van der Waals surface area (Å²) in [5.74, 6) is 0. The van der Waals surface area contributed by atoms with Gasteiger partial charge in [-0.2, -0.15) is 14.0 Å². The summed E-state index contributed by atoms with van der Waals surface area (Å²) < 4.78 is 4.32. The monoisotopic (exact) mass is 197 g/mol. The lowest BCUT2D eigenvalue weighted by Crippen LogP contribution is -1.46. The maximum Gasteiger partial charge on any atom is 0.373 e. The van der Waals surface area contributed by atoms with E-state index in [1.165, 1.54) is 11.5 Å². The second-order valence-electron chi connectivity index (χ2n) is 1.04. The zero-order valence-corrected chi connectivity index (χ0v) is 6.83. The Morgan fingerprint density at radius 1 is 1.50 bits per heavy atom. The second kappa shape index (κ2) is 5.38. The van der Waals surface area contributed by atoms with Crippen molar-refractivity contribution in [2.75, 3.05) is 0 Å². The van der Waals surface area contributed by atoms with Crippen molar-refractivity contribution >= 4 is 40.9 Å². The van der Waals surface area contributed by atoms with E-state index in [1.807, 2.05) is 0 Å². The largest absolute Gasteiger partial charge is 0.373 e. The Balaban J connectivity index is 0.000000236. The molecule has 1 aromatic rings. The summed E-state index contributed by atoms with van der Waals surface area (Å²) in [7, 11) is 0. The lowest BCUT2D eigenvalue weighted by atomic mass is 10.8. The first-order valence-corrected chi connectivity index (χ1v) is 3.50. The summed E-state index contributed by atoms with van der Waals surface area (Å²) in [5, 5.41) is 0.468. The molecule has 0 amide bonds. The maximum atomic E-state index is 8.12. The highest BCUT2D eigenvalue weighted by molar-refractivity contribution is 7.10. The number of nitrogens with zero attached hydrogens (tertiary/aromatic N) is 1. The van der Waals surface area contributed by atoms with Gasteiger partial charge in [-0.25, -0.2) is 0 Å². The summed E-state index contributed by atoms with van der Waals surface area (Å²) in [4.78, 5) is 16.2. The fraction of sp³-hybridized carbons (Fsp3) is 0. The molecule has 6 heteroatoms. The van der Waals surface area contributed by atoms with Crippen LogP contribution in [0.3, 0.4) is 0 Å². The Labute approximate surface area is 70.7 Å². The van der Waals surface area contributed by atoms with Crippen LogP contribution in [0.5, 0.6) is 0 Å². The van der Waals surface area contributed by atoms with Crippen molar-refractivity contribution in [3.05, 3.63) is 15.6 Å². The third kappa shape index (κ3) is 4.47. The number of halogens is 2. The molecule has 54 valence electrons. The Hall–Kier alpha value is -0.410. The summed E-state index contributed by atoms with van der Waals surface area (Å²) in [6.45, 7) is 0. The number of rotatable bonds is 0. The van der Waals surface area contributed by atoms with Crippen LogP contribution in [0, 0.1) is 0 Å². The van der Waals surface area contributed by atoms with Gasteiger partial charge in [-0.1, -0.05) is 23.2 Å². The Morgan fingerprint density at radius 3 is 2.10 bits per heavy atom. The van der Waals surface area contributed by atoms with Crippen LogP contribution in [-0.2, 0) is 9.59 Å². The molecule has 0 aliphatic heterocycles. The summed E-state index contributed by atoms with van der Waals surface area (Å²) >= 11 is 12.0. The molecule has 0 saturated carbocycles. The first-order valence-electron chi connectivity index (χ1n) is 1.97. The number of aromatic nitrogens is 1. The van der Waals surface area contributed by atoms with Crippen molar-refractivity contribution in [3.63, 3.8) is 0 Å². The van der Waals surface area contributed by atoms with E-state index < -0.39 is 0 Å². The Morgan fingerprint density at radius 2 is 2.00 bits per heavy atom. The lowest BCUT2D eigenvalue weighted by molar-refractivity contribution is -0.191. The standard InChI is InChI=1S/C3HCl2NS.CO2/c4-2-1-3(5)7-6-2;2-1-3/h1H;. The van der Waals surface area contributed by atoms with Crippen LogP contribution in [0.25, 0.3) is 0 Å². The molecule has 0 fully saturated rings. The van der Waals surface area contributed by atoms with Crippen LogP contribution in [0.15, 0.2) is 6.07 Å². The molecule has 0 bridgehead atoms. The van der Waals surface area contributed by atoms with E-state index >= 15 is 0 Å². The van der Waals surface area contributed by atoms with Gasteiger partial charge in [0, 0.05) is 6.07 Å². The van der Waals surface area contributed by atoms with Crippen molar-refractivity contribution in [3.8, 4) is 0 Å². The first-order chi connectivity index (χ1) is 4.70. The van der Waals surface area contributed by atoms with Crippen LogP contribution >= 0.6 is 34.7 Å². The molecule has 0 spiro atoms. The van der Waals surface area contributed by atoms with Gasteiger partial charge >= 0.3 is 6.15 Å². The van der Waals surface area contributed by atoms with Gasteiger partial charge in [0.25, 0.3) is 0 Å². The smallest absolute Gasteiger partial charge is 0.186 e. The molecule has 0 N–H and O–H groups in total. The molecule has 1 rings (SSSR count). The van der Waals surface area contributed by atoms with Gasteiger partial charge in [-0.3, -0.25) is 0 Å². The number of hydrogen-bond donors (Lipinski definition) is 0. The molecule has 0 aromatic carbocycles. The van der Waals surface area contributed by atoms with Gasteiger partial charge in [-0.05, 0) is 11.5 Å². The van der Waals surface area contributed by atoms with Crippen LogP contribution in [-0.4, -0.2) is 10.5 Å². The summed E-state index contributed by atoms with van der Waals surface area (Å²) in [6, 6.07) is 1.60. The average molecular weight is 198 g/mol. The molecule has 0 aliphatic carbocycles. The van der Waals surface area contributed by atoms with Gasteiger partial charge in [0.1, 0.15) is 9.49 Å². The van der Waals surface area contributed by atoms with Crippen LogP contribution in [0.4, 0.5) is 0 Å². The molecule has 10 heavy (non-hydrogen) atoms. The molecule has 1 aromatic heterocycles. The molecule has 3 nitrogen and oxygen atoms in total. The Kier molecular flexibility index (Phi) is 5.16. The zero-order valence-electron chi connectivity index (χ0n) is 4.51. The zero-order chi connectivity index (χ0) is 7.98. The molecular formula is C4HCl2NO2S. The van der Waals surface area contributed by atoms with Gasteiger partial charge in [0.2, 0.25) is 0 Å². The van der Waals surface area contributed by atoms with Gasteiger partial charge in [-0.15, -0.1) is 0 Å². The third-order valence-corrected chi connectivity index (χ3v) is 1.64. The molecule has 0 radical (unpaired) electrons. The van der Waals surface area contributed by atoms with Crippen molar-refractivity contribution < 1.29 is 9.59 Å². The normalized spacial score (nSPS) is 7.40. The van der Waals surface area contributed by atoms with E-state index in [4.69, 9.17) is 32.8 Å². The highest BCUT2D eigenvalue weighted by atomic mass is 35.5. The van der Waals surface area contributed by atoms with Crippen molar-refractivity contribution in [1.82, 2.24) is 4.37 Å². The third-order valence-electron chi connectivity index (χ3n) is 0.453. The highest BCUT2D eigenvalue weighted by Gasteiger charge is 1.91. The highest BCUT2D eigenvalue weighted by Crippen LogP contribution is 2.18. The average Bonchev–Trinajstić information content (AvgIpc) is 2.17. The maximum absolute atomic E-state index is 8.12.